The van der Waals surface area contributed by atoms with E-state index in [1.165, 1.54) is 64.2 Å². The van der Waals surface area contributed by atoms with Crippen LogP contribution in [-0.4, -0.2) is 13.2 Å². The molecule has 6 heteroatoms. The third-order valence-electron chi connectivity index (χ3n) is 11.2. The van der Waals surface area contributed by atoms with Gasteiger partial charge in [-0.1, -0.05) is 64.5 Å². The normalized spacial score (nSPS) is 26.6. The maximum Gasteiger partial charge on any atom is 0.200 e. The molecule has 3 saturated carbocycles. The molecule has 0 radical (unpaired) electrons. The lowest BCUT2D eigenvalue weighted by Crippen LogP contribution is -2.25. The summed E-state index contributed by atoms with van der Waals surface area (Å²) in [5.74, 6) is 0.701. The fourth-order valence-electron chi connectivity index (χ4n) is 8.69. The van der Waals surface area contributed by atoms with Crippen LogP contribution in [0.15, 0.2) is 24.3 Å². The number of ether oxygens (including phenoxy) is 2. The van der Waals surface area contributed by atoms with E-state index >= 15 is 0 Å². The van der Waals surface area contributed by atoms with E-state index in [1.807, 2.05) is 0 Å². The molecule has 2 nitrogen and oxygen atoms in total. The highest BCUT2D eigenvalue weighted by molar-refractivity contribution is 5.34. The molecule has 0 saturated heterocycles. The molecule has 5 rings (SSSR count). The molecule has 0 heterocycles. The van der Waals surface area contributed by atoms with Crippen LogP contribution in [0.1, 0.15) is 153 Å². The van der Waals surface area contributed by atoms with E-state index in [2.05, 4.69) is 13.8 Å². The third-order valence-corrected chi connectivity index (χ3v) is 11.2. The van der Waals surface area contributed by atoms with E-state index in [4.69, 9.17) is 9.47 Å². The molecule has 0 atom stereocenters. The molecule has 0 amide bonds. The van der Waals surface area contributed by atoms with E-state index in [1.54, 1.807) is 38.1 Å². The topological polar surface area (TPSA) is 18.5 Å². The predicted molar refractivity (Wildman–Crippen MR) is 180 cm³/mol. The van der Waals surface area contributed by atoms with Crippen LogP contribution in [0.4, 0.5) is 17.6 Å². The Morgan fingerprint density at radius 3 is 1.20 bits per heavy atom. The van der Waals surface area contributed by atoms with Crippen molar-refractivity contribution < 1.29 is 27.0 Å². The van der Waals surface area contributed by atoms with Crippen molar-refractivity contribution in [3.05, 3.63) is 58.7 Å². The maximum atomic E-state index is 14.5. The van der Waals surface area contributed by atoms with E-state index in [9.17, 15) is 17.6 Å². The predicted octanol–water partition coefficient (Wildman–Crippen LogP) is 12.7. The molecular formula is C40H58F4O2. The second-order valence-electron chi connectivity index (χ2n) is 14.1. The van der Waals surface area contributed by atoms with E-state index in [0.717, 1.165) is 62.2 Å². The number of benzene rings is 2. The quantitative estimate of drug-likeness (QED) is 0.226. The minimum atomic E-state index is -0.833. The van der Waals surface area contributed by atoms with Gasteiger partial charge in [0.25, 0.3) is 0 Å². The fourth-order valence-corrected chi connectivity index (χ4v) is 8.69. The molecular weight excluding hydrogens is 588 g/mol. The Morgan fingerprint density at radius 2 is 0.826 bits per heavy atom. The molecule has 258 valence electrons. The summed E-state index contributed by atoms with van der Waals surface area (Å²) in [4.78, 5) is 0. The summed E-state index contributed by atoms with van der Waals surface area (Å²) in [6, 6.07) is 6.60. The summed E-state index contributed by atoms with van der Waals surface area (Å²) < 4.78 is 67.0. The van der Waals surface area contributed by atoms with Gasteiger partial charge in [0.05, 0.1) is 13.2 Å². The summed E-state index contributed by atoms with van der Waals surface area (Å²) >= 11 is 0. The Morgan fingerprint density at radius 1 is 0.478 bits per heavy atom. The highest BCUT2D eigenvalue weighted by Gasteiger charge is 2.32. The second kappa shape index (κ2) is 18.3. The average Bonchev–Trinajstić information content (AvgIpc) is 3.07. The lowest BCUT2D eigenvalue weighted by molar-refractivity contribution is 0.155. The Labute approximate surface area is 276 Å². The van der Waals surface area contributed by atoms with Gasteiger partial charge >= 0.3 is 0 Å². The van der Waals surface area contributed by atoms with Gasteiger partial charge in [-0.05, 0) is 137 Å². The number of hydrogen-bond donors (Lipinski definition) is 0. The van der Waals surface area contributed by atoms with Gasteiger partial charge in [0.15, 0.2) is 23.1 Å². The molecule has 3 aliphatic carbocycles. The third kappa shape index (κ3) is 9.43. The number of rotatable bonds is 11. The fraction of sp³-hybridized carbons (Fsp3) is 0.700. The van der Waals surface area contributed by atoms with Gasteiger partial charge in [-0.25, -0.2) is 8.78 Å². The summed E-state index contributed by atoms with van der Waals surface area (Å²) in [5.41, 5.74) is 1.08. The molecule has 0 N–H and O–H groups in total. The van der Waals surface area contributed by atoms with Crippen molar-refractivity contribution >= 4 is 0 Å². The SMILES string of the molecule is CCCC1CCC(C2CCC(c3ccc(OCC)c(F)c3F)CC2)CC1.CCCC1CCC(c2ccc(OCC)c(F)c2F)CC1. The Kier molecular flexibility index (Phi) is 14.6. The summed E-state index contributed by atoms with van der Waals surface area (Å²) in [6.07, 6.45) is 19.2. The zero-order valence-corrected chi connectivity index (χ0v) is 28.8. The van der Waals surface area contributed by atoms with Gasteiger partial charge in [0.1, 0.15) is 0 Å². The van der Waals surface area contributed by atoms with Crippen LogP contribution in [0.25, 0.3) is 0 Å². The molecule has 3 aliphatic rings. The van der Waals surface area contributed by atoms with E-state index < -0.39 is 23.3 Å². The molecule has 3 fully saturated rings. The van der Waals surface area contributed by atoms with Gasteiger partial charge in [-0.15, -0.1) is 0 Å². The summed E-state index contributed by atoms with van der Waals surface area (Å²) in [5, 5.41) is 0. The molecule has 0 bridgehead atoms. The van der Waals surface area contributed by atoms with Crippen LogP contribution >= 0.6 is 0 Å². The largest absolute Gasteiger partial charge is 0.491 e. The van der Waals surface area contributed by atoms with Crippen molar-refractivity contribution in [3.8, 4) is 11.5 Å². The van der Waals surface area contributed by atoms with Gasteiger partial charge in [0.2, 0.25) is 11.6 Å². The maximum absolute atomic E-state index is 14.5. The molecule has 0 unspecified atom stereocenters. The molecule has 0 spiro atoms. The zero-order chi connectivity index (χ0) is 33.1. The van der Waals surface area contributed by atoms with Crippen LogP contribution < -0.4 is 9.47 Å². The number of hydrogen-bond acceptors (Lipinski definition) is 2. The average molecular weight is 647 g/mol. The monoisotopic (exact) mass is 646 g/mol. The minimum absolute atomic E-state index is 0.0217. The molecule has 0 aliphatic heterocycles. The molecule has 0 aromatic heterocycles. The van der Waals surface area contributed by atoms with Crippen LogP contribution in [0, 0.1) is 46.9 Å². The van der Waals surface area contributed by atoms with Crippen molar-refractivity contribution in [3.63, 3.8) is 0 Å². The lowest BCUT2D eigenvalue weighted by atomic mass is 9.68. The summed E-state index contributed by atoms with van der Waals surface area (Å²) in [7, 11) is 0. The lowest BCUT2D eigenvalue weighted by Gasteiger charge is -2.38. The first kappa shape index (κ1) is 36.6. The van der Waals surface area contributed by atoms with Crippen molar-refractivity contribution in [2.45, 2.75) is 142 Å². The van der Waals surface area contributed by atoms with Crippen molar-refractivity contribution in [1.29, 1.82) is 0 Å². The Bertz CT molecular complexity index is 1190. The number of halogens is 4. The Balaban J connectivity index is 0.000000216. The standard InChI is InChI=1S/C23H34F2O.C17H24F2O/c1-3-5-16-6-8-17(9-7-16)18-10-12-19(13-11-18)20-14-15-21(26-4-2)23(25)22(20)24;1-3-5-12-6-8-13(9-7-12)14-10-11-15(20-4-2)17(19)16(14)18/h14-19H,3-13H2,1-2H3;10-13H,3-9H2,1-2H3. The van der Waals surface area contributed by atoms with Gasteiger partial charge < -0.3 is 9.47 Å². The zero-order valence-electron chi connectivity index (χ0n) is 28.8. The second-order valence-corrected chi connectivity index (χ2v) is 14.1. The van der Waals surface area contributed by atoms with Crippen molar-refractivity contribution in [1.82, 2.24) is 0 Å². The van der Waals surface area contributed by atoms with Crippen molar-refractivity contribution in [2.24, 2.45) is 23.7 Å². The van der Waals surface area contributed by atoms with Gasteiger partial charge in [-0.2, -0.15) is 8.78 Å². The first-order chi connectivity index (χ1) is 22.3. The van der Waals surface area contributed by atoms with Gasteiger partial charge in [0, 0.05) is 0 Å². The van der Waals surface area contributed by atoms with E-state index in [0.29, 0.717) is 24.3 Å². The molecule has 2 aromatic rings. The first-order valence-corrected chi connectivity index (χ1v) is 18.5. The minimum Gasteiger partial charge on any atom is -0.491 e. The van der Waals surface area contributed by atoms with Crippen LogP contribution in [0.2, 0.25) is 0 Å². The highest BCUT2D eigenvalue weighted by atomic mass is 19.2. The van der Waals surface area contributed by atoms with Crippen LogP contribution in [-0.2, 0) is 0 Å². The Hall–Kier alpha value is -2.24. The smallest absolute Gasteiger partial charge is 0.200 e. The molecule has 46 heavy (non-hydrogen) atoms. The van der Waals surface area contributed by atoms with Crippen LogP contribution in [0.5, 0.6) is 11.5 Å². The summed E-state index contributed by atoms with van der Waals surface area (Å²) in [6.45, 7) is 8.73. The highest BCUT2D eigenvalue weighted by Crippen LogP contribution is 2.45. The molecule has 2 aromatic carbocycles. The van der Waals surface area contributed by atoms with Crippen LogP contribution in [0.3, 0.4) is 0 Å². The van der Waals surface area contributed by atoms with Gasteiger partial charge in [-0.3, -0.25) is 0 Å². The first-order valence-electron chi connectivity index (χ1n) is 18.5. The van der Waals surface area contributed by atoms with Crippen molar-refractivity contribution in [2.75, 3.05) is 13.2 Å². The van der Waals surface area contributed by atoms with E-state index in [-0.39, 0.29) is 23.3 Å².